The summed E-state index contributed by atoms with van der Waals surface area (Å²) in [6.45, 7) is 4.24. The number of anilines is 1. The van der Waals surface area contributed by atoms with Gasteiger partial charge in [-0.05, 0) is 17.5 Å². The number of fused-ring (bicyclic) bond motifs is 1. The second-order valence-corrected chi connectivity index (χ2v) is 3.92. The molecule has 14 heavy (non-hydrogen) atoms. The normalized spacial score (nSPS) is 15.2. The van der Waals surface area contributed by atoms with Crippen molar-refractivity contribution < 1.29 is 4.79 Å². The Morgan fingerprint density at radius 1 is 1.43 bits per heavy atom. The molecule has 0 saturated heterocycles. The average molecular weight is 190 g/mol. The molecule has 0 atom stereocenters. The molecule has 1 N–H and O–H groups in total. The molecule has 1 amide bonds. The van der Waals surface area contributed by atoms with Crippen LogP contribution in [0.4, 0.5) is 5.69 Å². The quantitative estimate of drug-likeness (QED) is 0.736. The predicted molar refractivity (Wildman–Crippen MR) is 55.3 cm³/mol. The highest BCUT2D eigenvalue weighted by Gasteiger charge is 2.19. The van der Waals surface area contributed by atoms with E-state index >= 15 is 0 Å². The molecule has 0 unspecified atom stereocenters. The van der Waals surface area contributed by atoms with Crippen molar-refractivity contribution in [2.75, 3.05) is 5.32 Å². The van der Waals surface area contributed by atoms with Crippen molar-refractivity contribution in [2.45, 2.75) is 32.6 Å². The van der Waals surface area contributed by atoms with Gasteiger partial charge in [-0.15, -0.1) is 0 Å². The second-order valence-electron chi connectivity index (χ2n) is 3.92. The van der Waals surface area contributed by atoms with Crippen LogP contribution in [-0.2, 0) is 11.2 Å². The Bertz CT molecular complexity index is 372. The summed E-state index contributed by atoms with van der Waals surface area (Å²) in [4.78, 5) is 15.5. The van der Waals surface area contributed by atoms with Gasteiger partial charge in [-0.1, -0.05) is 13.8 Å². The lowest BCUT2D eigenvalue weighted by Crippen LogP contribution is -2.21. The molecule has 1 aliphatic rings. The van der Waals surface area contributed by atoms with Crippen molar-refractivity contribution >= 4 is 11.6 Å². The Hall–Kier alpha value is -1.38. The van der Waals surface area contributed by atoms with E-state index in [1.165, 1.54) is 5.56 Å². The molecule has 0 fully saturated rings. The third-order valence-electron chi connectivity index (χ3n) is 2.54. The first kappa shape index (κ1) is 9.19. The van der Waals surface area contributed by atoms with Gasteiger partial charge in [0, 0.05) is 19.0 Å². The lowest BCUT2D eigenvalue weighted by atomic mass is 9.97. The van der Waals surface area contributed by atoms with Crippen LogP contribution in [0.25, 0.3) is 0 Å². The Morgan fingerprint density at radius 3 is 2.93 bits per heavy atom. The summed E-state index contributed by atoms with van der Waals surface area (Å²) in [7, 11) is 0. The molecule has 1 aromatic heterocycles. The minimum absolute atomic E-state index is 0.104. The van der Waals surface area contributed by atoms with Crippen molar-refractivity contribution in [1.29, 1.82) is 0 Å². The largest absolute Gasteiger partial charge is 0.324 e. The van der Waals surface area contributed by atoms with Gasteiger partial charge in [0.05, 0.1) is 11.4 Å². The summed E-state index contributed by atoms with van der Waals surface area (Å²) >= 11 is 0. The molecule has 0 aliphatic carbocycles. The Morgan fingerprint density at radius 2 is 2.21 bits per heavy atom. The van der Waals surface area contributed by atoms with Crippen LogP contribution in [0.2, 0.25) is 0 Å². The number of pyridine rings is 1. The van der Waals surface area contributed by atoms with E-state index in [1.54, 1.807) is 0 Å². The maximum Gasteiger partial charge on any atom is 0.224 e. The van der Waals surface area contributed by atoms with E-state index in [0.717, 1.165) is 17.8 Å². The zero-order valence-electron chi connectivity index (χ0n) is 8.50. The lowest BCUT2D eigenvalue weighted by molar-refractivity contribution is -0.116. The third-order valence-corrected chi connectivity index (χ3v) is 2.54. The first-order chi connectivity index (χ1) is 6.68. The number of nitrogens with one attached hydrogen (secondary N) is 1. The van der Waals surface area contributed by atoms with Crippen LogP contribution in [0.1, 0.15) is 37.4 Å². The van der Waals surface area contributed by atoms with Crippen LogP contribution < -0.4 is 5.32 Å². The Labute approximate surface area is 83.5 Å². The fraction of sp³-hybridized carbons (Fsp3) is 0.455. The van der Waals surface area contributed by atoms with Crippen LogP contribution in [0.5, 0.6) is 0 Å². The Kier molecular flexibility index (Phi) is 2.23. The number of nitrogens with zero attached hydrogens (tertiary/aromatic N) is 1. The van der Waals surface area contributed by atoms with Gasteiger partial charge in [-0.25, -0.2) is 0 Å². The van der Waals surface area contributed by atoms with Crippen LogP contribution >= 0.6 is 0 Å². The van der Waals surface area contributed by atoms with Gasteiger partial charge in [-0.3, -0.25) is 9.78 Å². The molecule has 0 bridgehead atoms. The average Bonchev–Trinajstić information content (AvgIpc) is 2.16. The molecule has 3 nitrogen and oxygen atoms in total. The molecule has 2 rings (SSSR count). The highest BCUT2D eigenvalue weighted by Crippen LogP contribution is 2.29. The Balaban J connectivity index is 2.48. The predicted octanol–water partition coefficient (Wildman–Crippen LogP) is 2.09. The first-order valence-electron chi connectivity index (χ1n) is 4.96. The lowest BCUT2D eigenvalue weighted by Gasteiger charge is -2.20. The summed E-state index contributed by atoms with van der Waals surface area (Å²) in [6, 6.07) is 1.98. The molecular weight excluding hydrogens is 176 g/mol. The van der Waals surface area contributed by atoms with Gasteiger partial charge in [0.15, 0.2) is 0 Å². The molecule has 0 saturated carbocycles. The minimum atomic E-state index is 0.104. The van der Waals surface area contributed by atoms with Crippen LogP contribution in [-0.4, -0.2) is 10.9 Å². The van der Waals surface area contributed by atoms with Gasteiger partial charge in [0.25, 0.3) is 0 Å². The van der Waals surface area contributed by atoms with Gasteiger partial charge in [-0.2, -0.15) is 0 Å². The summed E-state index contributed by atoms with van der Waals surface area (Å²) in [6.07, 6.45) is 3.15. The maximum atomic E-state index is 11.3. The van der Waals surface area contributed by atoms with Crippen LogP contribution in [0.15, 0.2) is 12.3 Å². The third kappa shape index (κ3) is 1.50. The number of carbonyl (C=O) groups is 1. The molecule has 0 aromatic carbocycles. The van der Waals surface area contributed by atoms with E-state index in [4.69, 9.17) is 0 Å². The van der Waals surface area contributed by atoms with Crippen molar-refractivity contribution in [3.63, 3.8) is 0 Å². The summed E-state index contributed by atoms with van der Waals surface area (Å²) in [5.41, 5.74) is 3.15. The zero-order chi connectivity index (χ0) is 10.1. The highest BCUT2D eigenvalue weighted by molar-refractivity contribution is 5.94. The minimum Gasteiger partial charge on any atom is -0.324 e. The number of aromatic nitrogens is 1. The zero-order valence-corrected chi connectivity index (χ0v) is 8.50. The van der Waals surface area contributed by atoms with Crippen molar-refractivity contribution in [3.8, 4) is 0 Å². The molecule has 74 valence electrons. The fourth-order valence-corrected chi connectivity index (χ4v) is 1.77. The number of rotatable bonds is 1. The summed E-state index contributed by atoms with van der Waals surface area (Å²) in [5.74, 6) is 0.526. The standard InChI is InChI=1S/C11H14N2O/c1-7(2)8-5-6-12-9-3-4-10(14)13-11(8)9/h5-7H,3-4H2,1-2H3,(H,13,14). The monoisotopic (exact) mass is 190 g/mol. The summed E-state index contributed by atoms with van der Waals surface area (Å²) < 4.78 is 0. The van der Waals surface area contributed by atoms with E-state index in [-0.39, 0.29) is 5.91 Å². The molecule has 0 spiro atoms. The number of aryl methyl sites for hydroxylation is 1. The smallest absolute Gasteiger partial charge is 0.224 e. The van der Waals surface area contributed by atoms with Gasteiger partial charge in [0.1, 0.15) is 0 Å². The summed E-state index contributed by atoms with van der Waals surface area (Å²) in [5, 5.41) is 2.91. The number of amides is 1. The van der Waals surface area contributed by atoms with Gasteiger partial charge < -0.3 is 5.32 Å². The number of hydrogen-bond acceptors (Lipinski definition) is 2. The van der Waals surface area contributed by atoms with Crippen LogP contribution in [0.3, 0.4) is 0 Å². The van der Waals surface area contributed by atoms with Crippen LogP contribution in [0, 0.1) is 0 Å². The fourth-order valence-electron chi connectivity index (χ4n) is 1.77. The van der Waals surface area contributed by atoms with E-state index in [2.05, 4.69) is 24.1 Å². The van der Waals surface area contributed by atoms with Crippen molar-refractivity contribution in [3.05, 3.63) is 23.5 Å². The number of carbonyl (C=O) groups excluding carboxylic acids is 1. The highest BCUT2D eigenvalue weighted by atomic mass is 16.1. The van der Waals surface area contributed by atoms with E-state index in [9.17, 15) is 4.79 Å². The molecule has 0 radical (unpaired) electrons. The van der Waals surface area contributed by atoms with E-state index < -0.39 is 0 Å². The van der Waals surface area contributed by atoms with Crippen molar-refractivity contribution in [1.82, 2.24) is 4.98 Å². The first-order valence-corrected chi connectivity index (χ1v) is 4.96. The van der Waals surface area contributed by atoms with Gasteiger partial charge >= 0.3 is 0 Å². The molecule has 2 heterocycles. The maximum absolute atomic E-state index is 11.3. The van der Waals surface area contributed by atoms with E-state index in [1.807, 2.05) is 12.3 Å². The molecule has 1 aromatic rings. The van der Waals surface area contributed by atoms with E-state index in [0.29, 0.717) is 12.3 Å². The topological polar surface area (TPSA) is 42.0 Å². The second kappa shape index (κ2) is 3.40. The number of hydrogen-bond donors (Lipinski definition) is 1. The molecule has 1 aliphatic heterocycles. The SMILES string of the molecule is CC(C)c1ccnc2c1NC(=O)CC2. The van der Waals surface area contributed by atoms with Gasteiger partial charge in [0.2, 0.25) is 5.91 Å². The molecular formula is C11H14N2O. The molecule has 3 heteroatoms. The van der Waals surface area contributed by atoms with Crippen molar-refractivity contribution in [2.24, 2.45) is 0 Å².